The molecular formula is C19H27F3N2O2. The number of hydrogen-bond acceptors (Lipinski definition) is 4. The van der Waals surface area contributed by atoms with Crippen molar-refractivity contribution in [3.05, 3.63) is 29.3 Å². The van der Waals surface area contributed by atoms with Crippen LogP contribution in [0.4, 0.5) is 13.2 Å². The highest BCUT2D eigenvalue weighted by atomic mass is 19.4. The first-order chi connectivity index (χ1) is 12.2. The SMILES string of the molecule is COc1ccc(C(F)(F)F)cc1CN1CCC2(CC1)CC(O)CN(C)C2. The maximum atomic E-state index is 13.0. The molecule has 1 aromatic rings. The molecule has 2 aliphatic heterocycles. The number of halogens is 3. The van der Waals surface area contributed by atoms with Gasteiger partial charge in [0.25, 0.3) is 0 Å². The molecule has 0 aliphatic carbocycles. The molecule has 1 aromatic carbocycles. The maximum Gasteiger partial charge on any atom is 0.416 e. The summed E-state index contributed by atoms with van der Waals surface area (Å²) in [5.41, 5.74) is 0.0544. The van der Waals surface area contributed by atoms with Crippen LogP contribution in [0, 0.1) is 5.41 Å². The van der Waals surface area contributed by atoms with Gasteiger partial charge < -0.3 is 14.7 Å². The zero-order valence-corrected chi connectivity index (χ0v) is 15.4. The number of benzene rings is 1. The van der Waals surface area contributed by atoms with E-state index in [2.05, 4.69) is 9.80 Å². The lowest BCUT2D eigenvalue weighted by molar-refractivity contribution is -0.137. The molecule has 1 N–H and O–H groups in total. The van der Waals surface area contributed by atoms with Crippen molar-refractivity contribution in [2.45, 2.75) is 38.1 Å². The normalized spacial score (nSPS) is 24.8. The lowest BCUT2D eigenvalue weighted by atomic mass is 9.71. The molecular weight excluding hydrogens is 345 g/mol. The standard InChI is InChI=1S/C19H27F3N2O2/c1-23-12-16(25)10-18(13-23)5-7-24(8-6-18)11-14-9-15(19(20,21)22)3-4-17(14)26-2/h3-4,9,16,25H,5-8,10-13H2,1-2H3. The van der Waals surface area contributed by atoms with Gasteiger partial charge in [-0.3, -0.25) is 4.90 Å². The molecule has 2 aliphatic rings. The van der Waals surface area contributed by atoms with Gasteiger partial charge in [0.2, 0.25) is 0 Å². The number of hydrogen-bond donors (Lipinski definition) is 1. The molecule has 0 aromatic heterocycles. The van der Waals surface area contributed by atoms with E-state index >= 15 is 0 Å². The Kier molecular flexibility index (Phi) is 5.51. The molecule has 0 saturated carbocycles. The third kappa shape index (κ3) is 4.32. The van der Waals surface area contributed by atoms with Gasteiger partial charge in [0.1, 0.15) is 5.75 Å². The van der Waals surface area contributed by atoms with Gasteiger partial charge in [0, 0.05) is 25.2 Å². The number of piperidine rings is 2. The van der Waals surface area contributed by atoms with E-state index in [-0.39, 0.29) is 11.5 Å². The van der Waals surface area contributed by atoms with Gasteiger partial charge in [-0.25, -0.2) is 0 Å². The van der Waals surface area contributed by atoms with E-state index in [0.29, 0.717) is 24.4 Å². The van der Waals surface area contributed by atoms with E-state index in [1.165, 1.54) is 19.2 Å². The number of nitrogens with zero attached hydrogens (tertiary/aromatic N) is 2. The Bertz CT molecular complexity index is 616. The Morgan fingerprint density at radius 1 is 1.27 bits per heavy atom. The lowest BCUT2D eigenvalue weighted by Gasteiger charge is -2.48. The van der Waals surface area contributed by atoms with Crippen molar-refractivity contribution in [3.8, 4) is 5.75 Å². The molecule has 2 saturated heterocycles. The van der Waals surface area contributed by atoms with E-state index in [9.17, 15) is 18.3 Å². The van der Waals surface area contributed by atoms with Crippen LogP contribution in [-0.2, 0) is 12.7 Å². The number of β-amino-alcohol motifs (C(OH)–C–C–N with tert-alkyl or cyclic N) is 1. The fraction of sp³-hybridized carbons (Fsp3) is 0.684. The molecule has 1 unspecified atom stereocenters. The molecule has 0 radical (unpaired) electrons. The first-order valence-electron chi connectivity index (χ1n) is 9.04. The van der Waals surface area contributed by atoms with E-state index in [4.69, 9.17) is 4.74 Å². The Labute approximate surface area is 152 Å². The number of alkyl halides is 3. The fourth-order valence-electron chi connectivity index (χ4n) is 4.49. The van der Waals surface area contributed by atoms with Crippen LogP contribution in [0.5, 0.6) is 5.75 Å². The third-order valence-corrected chi connectivity index (χ3v) is 5.71. The number of likely N-dealkylation sites (tertiary alicyclic amines) is 2. The maximum absolute atomic E-state index is 13.0. The summed E-state index contributed by atoms with van der Waals surface area (Å²) in [6.07, 6.45) is -1.91. The molecule has 0 bridgehead atoms. The molecule has 26 heavy (non-hydrogen) atoms. The summed E-state index contributed by atoms with van der Waals surface area (Å²) < 4.78 is 44.3. The highest BCUT2D eigenvalue weighted by molar-refractivity contribution is 5.38. The monoisotopic (exact) mass is 372 g/mol. The number of rotatable bonds is 3. The second-order valence-corrected chi connectivity index (χ2v) is 7.86. The smallest absolute Gasteiger partial charge is 0.416 e. The van der Waals surface area contributed by atoms with Gasteiger partial charge >= 0.3 is 6.18 Å². The molecule has 0 amide bonds. The van der Waals surface area contributed by atoms with Crippen LogP contribution in [0.1, 0.15) is 30.4 Å². The molecule has 3 rings (SSSR count). The molecule has 146 valence electrons. The molecule has 2 heterocycles. The third-order valence-electron chi connectivity index (χ3n) is 5.71. The fourth-order valence-corrected chi connectivity index (χ4v) is 4.49. The quantitative estimate of drug-likeness (QED) is 0.885. The van der Waals surface area contributed by atoms with E-state index in [1.807, 2.05) is 7.05 Å². The van der Waals surface area contributed by atoms with Crippen LogP contribution in [0.15, 0.2) is 18.2 Å². The van der Waals surface area contributed by atoms with Crippen molar-refractivity contribution in [2.75, 3.05) is 40.3 Å². The minimum Gasteiger partial charge on any atom is -0.496 e. The summed E-state index contributed by atoms with van der Waals surface area (Å²) >= 11 is 0. The Balaban J connectivity index is 1.68. The minimum absolute atomic E-state index is 0.126. The first kappa shape index (κ1) is 19.5. The van der Waals surface area contributed by atoms with Crippen molar-refractivity contribution in [1.29, 1.82) is 0 Å². The van der Waals surface area contributed by atoms with Gasteiger partial charge in [-0.15, -0.1) is 0 Å². The second-order valence-electron chi connectivity index (χ2n) is 7.86. The summed E-state index contributed by atoms with van der Waals surface area (Å²) in [5, 5.41) is 10.1. The Morgan fingerprint density at radius 3 is 2.54 bits per heavy atom. The van der Waals surface area contributed by atoms with E-state index in [1.54, 1.807) is 0 Å². The second kappa shape index (κ2) is 7.37. The van der Waals surface area contributed by atoms with Crippen molar-refractivity contribution in [3.63, 3.8) is 0 Å². The van der Waals surface area contributed by atoms with Crippen molar-refractivity contribution in [1.82, 2.24) is 9.80 Å². The van der Waals surface area contributed by atoms with Crippen LogP contribution in [-0.4, -0.2) is 61.3 Å². The summed E-state index contributed by atoms with van der Waals surface area (Å²) in [6, 6.07) is 3.66. The van der Waals surface area contributed by atoms with Crippen LogP contribution < -0.4 is 4.74 Å². The first-order valence-corrected chi connectivity index (χ1v) is 9.04. The Hall–Kier alpha value is -1.31. The summed E-state index contributed by atoms with van der Waals surface area (Å²) in [4.78, 5) is 4.36. The number of methoxy groups -OCH3 is 1. The largest absolute Gasteiger partial charge is 0.496 e. The predicted molar refractivity (Wildman–Crippen MR) is 93.1 cm³/mol. The average molecular weight is 372 g/mol. The molecule has 2 fully saturated rings. The van der Waals surface area contributed by atoms with Crippen LogP contribution in [0.3, 0.4) is 0 Å². The molecule has 4 nitrogen and oxygen atoms in total. The van der Waals surface area contributed by atoms with Crippen molar-refractivity contribution >= 4 is 0 Å². The molecule has 1 spiro atoms. The lowest BCUT2D eigenvalue weighted by Crippen LogP contribution is -2.52. The predicted octanol–water partition coefficient (Wildman–Crippen LogP) is 2.99. The number of ether oxygens (including phenoxy) is 1. The van der Waals surface area contributed by atoms with Crippen LogP contribution in [0.2, 0.25) is 0 Å². The van der Waals surface area contributed by atoms with Crippen LogP contribution >= 0.6 is 0 Å². The van der Waals surface area contributed by atoms with Gasteiger partial charge in [-0.1, -0.05) is 0 Å². The van der Waals surface area contributed by atoms with Crippen molar-refractivity contribution in [2.24, 2.45) is 5.41 Å². The number of aliphatic hydroxyl groups excluding tert-OH is 1. The Morgan fingerprint density at radius 2 is 1.96 bits per heavy atom. The summed E-state index contributed by atoms with van der Waals surface area (Å²) in [6.45, 7) is 3.78. The molecule has 1 atom stereocenters. The van der Waals surface area contributed by atoms with Gasteiger partial charge in [-0.05, 0) is 63.0 Å². The van der Waals surface area contributed by atoms with E-state index in [0.717, 1.165) is 45.0 Å². The highest BCUT2D eigenvalue weighted by Crippen LogP contribution is 2.40. The number of likely N-dealkylation sites (N-methyl/N-ethyl adjacent to an activating group) is 1. The topological polar surface area (TPSA) is 35.9 Å². The van der Waals surface area contributed by atoms with Gasteiger partial charge in [-0.2, -0.15) is 13.2 Å². The minimum atomic E-state index is -4.35. The van der Waals surface area contributed by atoms with E-state index < -0.39 is 11.7 Å². The van der Waals surface area contributed by atoms with Gasteiger partial charge in [0.05, 0.1) is 18.8 Å². The summed E-state index contributed by atoms with van der Waals surface area (Å²) in [5.74, 6) is 0.492. The number of aliphatic hydroxyl groups is 1. The van der Waals surface area contributed by atoms with Crippen molar-refractivity contribution < 1.29 is 23.0 Å². The summed E-state index contributed by atoms with van der Waals surface area (Å²) in [7, 11) is 3.51. The average Bonchev–Trinajstić information content (AvgIpc) is 2.55. The van der Waals surface area contributed by atoms with Gasteiger partial charge in [0.15, 0.2) is 0 Å². The highest BCUT2D eigenvalue weighted by Gasteiger charge is 2.40. The van der Waals surface area contributed by atoms with Crippen LogP contribution in [0.25, 0.3) is 0 Å². The zero-order chi connectivity index (χ0) is 18.9. The zero-order valence-electron chi connectivity index (χ0n) is 15.4. The molecule has 7 heteroatoms.